The first kappa shape index (κ1) is 19.3. The lowest BCUT2D eigenvalue weighted by Crippen LogP contribution is -2.48. The van der Waals surface area contributed by atoms with E-state index in [0.29, 0.717) is 31.6 Å². The summed E-state index contributed by atoms with van der Waals surface area (Å²) in [6.07, 6.45) is 0. The van der Waals surface area contributed by atoms with Gasteiger partial charge in [-0.15, -0.1) is 11.3 Å². The van der Waals surface area contributed by atoms with Crippen LogP contribution < -0.4 is 0 Å². The lowest BCUT2D eigenvalue weighted by molar-refractivity contribution is 0.180. The third-order valence-electron chi connectivity index (χ3n) is 4.29. The predicted molar refractivity (Wildman–Crippen MR) is 96.6 cm³/mol. The fourth-order valence-electron chi connectivity index (χ4n) is 2.84. The molecule has 1 aliphatic rings. The molecule has 0 aliphatic carbocycles. The molecule has 26 heavy (non-hydrogen) atoms. The first-order chi connectivity index (χ1) is 12.3. The van der Waals surface area contributed by atoms with Crippen molar-refractivity contribution in [1.29, 1.82) is 0 Å². The molecule has 0 spiro atoms. The predicted octanol–water partition coefficient (Wildman–Crippen LogP) is 3.05. The SMILES string of the molecule is CC(C)c1nc(CN2CCN(S(=O)(=O)c3ccc(F)cc3F)CC2)cs1. The Bertz CT molecular complexity index is 876. The molecule has 1 aliphatic heterocycles. The molecular formula is C17H21F2N3O2S2. The van der Waals surface area contributed by atoms with Crippen molar-refractivity contribution in [2.75, 3.05) is 26.2 Å². The summed E-state index contributed by atoms with van der Waals surface area (Å²) in [6.45, 7) is 6.47. The highest BCUT2D eigenvalue weighted by Gasteiger charge is 2.31. The van der Waals surface area contributed by atoms with Gasteiger partial charge in [-0.1, -0.05) is 13.8 Å². The number of aromatic nitrogens is 1. The smallest absolute Gasteiger partial charge is 0.246 e. The van der Waals surface area contributed by atoms with Gasteiger partial charge in [0.1, 0.15) is 16.5 Å². The Balaban J connectivity index is 1.64. The van der Waals surface area contributed by atoms with Gasteiger partial charge in [0.05, 0.1) is 10.7 Å². The Hall–Kier alpha value is -1.42. The van der Waals surface area contributed by atoms with Gasteiger partial charge in [-0.2, -0.15) is 4.31 Å². The topological polar surface area (TPSA) is 53.5 Å². The highest BCUT2D eigenvalue weighted by molar-refractivity contribution is 7.89. The summed E-state index contributed by atoms with van der Waals surface area (Å²) in [6, 6.07) is 2.54. The molecule has 0 unspecified atom stereocenters. The molecule has 0 saturated carbocycles. The van der Waals surface area contributed by atoms with E-state index in [1.54, 1.807) is 11.3 Å². The highest BCUT2D eigenvalue weighted by Crippen LogP contribution is 2.23. The van der Waals surface area contributed by atoms with Crippen molar-refractivity contribution in [3.63, 3.8) is 0 Å². The lowest BCUT2D eigenvalue weighted by Gasteiger charge is -2.33. The first-order valence-electron chi connectivity index (χ1n) is 8.39. The lowest BCUT2D eigenvalue weighted by atomic mass is 10.2. The van der Waals surface area contributed by atoms with Gasteiger partial charge in [0.25, 0.3) is 0 Å². The number of rotatable bonds is 5. The zero-order valence-electron chi connectivity index (χ0n) is 14.7. The van der Waals surface area contributed by atoms with E-state index in [-0.39, 0.29) is 13.1 Å². The Labute approximate surface area is 156 Å². The molecule has 1 aromatic heterocycles. The third kappa shape index (κ3) is 4.11. The van der Waals surface area contributed by atoms with Gasteiger partial charge < -0.3 is 0 Å². The fraction of sp³-hybridized carbons (Fsp3) is 0.471. The monoisotopic (exact) mass is 401 g/mol. The summed E-state index contributed by atoms with van der Waals surface area (Å²) >= 11 is 1.63. The van der Waals surface area contributed by atoms with Gasteiger partial charge >= 0.3 is 0 Å². The van der Waals surface area contributed by atoms with Crippen molar-refractivity contribution in [3.05, 3.63) is 45.9 Å². The zero-order valence-corrected chi connectivity index (χ0v) is 16.3. The second-order valence-electron chi connectivity index (χ2n) is 6.59. The van der Waals surface area contributed by atoms with Crippen molar-refractivity contribution in [2.45, 2.75) is 31.2 Å². The van der Waals surface area contributed by atoms with Crippen LogP contribution in [0.2, 0.25) is 0 Å². The second-order valence-corrected chi connectivity index (χ2v) is 9.38. The summed E-state index contributed by atoms with van der Waals surface area (Å²) in [4.78, 5) is 6.25. The molecule has 9 heteroatoms. The maximum absolute atomic E-state index is 13.9. The summed E-state index contributed by atoms with van der Waals surface area (Å²) in [5.41, 5.74) is 0.986. The molecule has 0 N–H and O–H groups in total. The van der Waals surface area contributed by atoms with Crippen LogP contribution in [0, 0.1) is 11.6 Å². The minimum absolute atomic E-state index is 0.264. The zero-order chi connectivity index (χ0) is 18.9. The van der Waals surface area contributed by atoms with Gasteiger partial charge in [-0.3, -0.25) is 4.90 Å². The Morgan fingerprint density at radius 1 is 1.19 bits per heavy atom. The maximum atomic E-state index is 13.9. The van der Waals surface area contributed by atoms with E-state index >= 15 is 0 Å². The van der Waals surface area contributed by atoms with Gasteiger partial charge in [-0.25, -0.2) is 22.2 Å². The van der Waals surface area contributed by atoms with E-state index in [1.165, 1.54) is 4.31 Å². The van der Waals surface area contributed by atoms with E-state index in [4.69, 9.17) is 0 Å². The van der Waals surface area contributed by atoms with Crippen molar-refractivity contribution >= 4 is 21.4 Å². The molecule has 2 heterocycles. The Morgan fingerprint density at radius 2 is 1.88 bits per heavy atom. The van der Waals surface area contributed by atoms with Gasteiger partial charge in [-0.05, 0) is 12.1 Å². The molecule has 142 valence electrons. The van der Waals surface area contributed by atoms with Crippen molar-refractivity contribution in [3.8, 4) is 0 Å². The second kappa shape index (κ2) is 7.67. The molecular weight excluding hydrogens is 380 g/mol. The minimum Gasteiger partial charge on any atom is -0.295 e. The molecule has 3 rings (SSSR count). The maximum Gasteiger partial charge on any atom is 0.246 e. The average molecular weight is 402 g/mol. The molecule has 1 saturated heterocycles. The van der Waals surface area contributed by atoms with Crippen LogP contribution in [0.15, 0.2) is 28.5 Å². The number of thiazole rings is 1. The number of hydrogen-bond donors (Lipinski definition) is 0. The number of halogens is 2. The van der Waals surface area contributed by atoms with Crippen LogP contribution >= 0.6 is 11.3 Å². The Morgan fingerprint density at radius 3 is 2.46 bits per heavy atom. The van der Waals surface area contributed by atoms with Crippen molar-refractivity contribution < 1.29 is 17.2 Å². The molecule has 0 amide bonds. The van der Waals surface area contributed by atoms with Crippen LogP contribution in [0.1, 0.15) is 30.5 Å². The summed E-state index contributed by atoms with van der Waals surface area (Å²) < 4.78 is 53.3. The van der Waals surface area contributed by atoms with Crippen LogP contribution in [0.3, 0.4) is 0 Å². The van der Waals surface area contributed by atoms with E-state index in [9.17, 15) is 17.2 Å². The number of sulfonamides is 1. The number of benzene rings is 1. The molecule has 2 aromatic rings. The highest BCUT2D eigenvalue weighted by atomic mass is 32.2. The largest absolute Gasteiger partial charge is 0.295 e. The number of hydrogen-bond acceptors (Lipinski definition) is 5. The number of piperazine rings is 1. The van der Waals surface area contributed by atoms with Crippen molar-refractivity contribution in [1.82, 2.24) is 14.2 Å². The third-order valence-corrected chi connectivity index (χ3v) is 7.42. The van der Waals surface area contributed by atoms with Gasteiger partial charge in [0.2, 0.25) is 10.0 Å². The van der Waals surface area contributed by atoms with Crippen LogP contribution in [-0.2, 0) is 16.6 Å². The van der Waals surface area contributed by atoms with E-state index in [2.05, 4.69) is 23.7 Å². The van der Waals surface area contributed by atoms with E-state index < -0.39 is 26.6 Å². The summed E-state index contributed by atoms with van der Waals surface area (Å²) in [5, 5.41) is 3.12. The molecule has 1 aromatic carbocycles. The van der Waals surface area contributed by atoms with Crippen LogP contribution in [-0.4, -0.2) is 48.8 Å². The molecule has 1 fully saturated rings. The van der Waals surface area contributed by atoms with E-state index in [1.807, 2.05) is 5.38 Å². The molecule has 0 radical (unpaired) electrons. The van der Waals surface area contributed by atoms with Crippen LogP contribution in [0.4, 0.5) is 8.78 Å². The van der Waals surface area contributed by atoms with Gasteiger partial charge in [0, 0.05) is 50.1 Å². The van der Waals surface area contributed by atoms with Crippen LogP contribution in [0.5, 0.6) is 0 Å². The minimum atomic E-state index is -3.96. The van der Waals surface area contributed by atoms with E-state index in [0.717, 1.165) is 22.8 Å². The van der Waals surface area contributed by atoms with Crippen LogP contribution in [0.25, 0.3) is 0 Å². The van der Waals surface area contributed by atoms with Crippen molar-refractivity contribution in [2.24, 2.45) is 0 Å². The Kier molecular flexibility index (Phi) is 5.71. The van der Waals surface area contributed by atoms with Gasteiger partial charge in [0.15, 0.2) is 0 Å². The average Bonchev–Trinajstić information content (AvgIpc) is 3.04. The summed E-state index contributed by atoms with van der Waals surface area (Å²) in [7, 11) is -3.96. The standard InChI is InChI=1S/C17H21F2N3O2S2/c1-12(2)17-20-14(11-25-17)10-21-5-7-22(8-6-21)26(23,24)16-4-3-13(18)9-15(16)19/h3-4,9,11-12H,5-8,10H2,1-2H3. The normalized spacial score (nSPS) is 17.1. The quantitative estimate of drug-likeness (QED) is 0.773. The summed E-state index contributed by atoms with van der Waals surface area (Å²) in [5.74, 6) is -1.47. The molecule has 0 atom stereocenters. The first-order valence-corrected chi connectivity index (χ1v) is 10.7. The number of nitrogens with zero attached hydrogens (tertiary/aromatic N) is 3. The molecule has 5 nitrogen and oxygen atoms in total. The fourth-order valence-corrected chi connectivity index (χ4v) is 5.13. The molecule has 0 bridgehead atoms.